The van der Waals surface area contributed by atoms with Crippen molar-refractivity contribution in [3.05, 3.63) is 58.6 Å². The fraction of sp³-hybridized carbons (Fsp3) is 0. The predicted molar refractivity (Wildman–Crippen MR) is 65.0 cm³/mol. The second kappa shape index (κ2) is 4.56. The Balaban J connectivity index is 2.25. The van der Waals surface area contributed by atoms with E-state index < -0.39 is 0 Å². The molecule has 2 aromatic rings. The zero-order valence-electron chi connectivity index (χ0n) is 7.80. The molecule has 0 unspecified atom stereocenters. The smallest absolute Gasteiger partial charge is 0.0655 e. The fourth-order valence-electron chi connectivity index (χ4n) is 1.22. The lowest BCUT2D eigenvalue weighted by atomic mass is 10.2. The molecule has 2 rings (SSSR count). The minimum atomic E-state index is 0.607. The molecule has 0 aromatic heterocycles. The van der Waals surface area contributed by atoms with E-state index in [9.17, 15) is 0 Å². The maximum atomic E-state index is 6.02. The Morgan fingerprint density at radius 3 is 2.40 bits per heavy atom. The van der Waals surface area contributed by atoms with Crippen molar-refractivity contribution >= 4 is 34.6 Å². The van der Waals surface area contributed by atoms with Gasteiger partial charge in [-0.15, -0.1) is 0 Å². The average molecular weight is 237 g/mol. The molecule has 0 aliphatic heterocycles. The van der Waals surface area contributed by atoms with E-state index in [1.807, 2.05) is 30.3 Å². The zero-order chi connectivity index (χ0) is 10.7. The summed E-state index contributed by atoms with van der Waals surface area (Å²) >= 11 is 11.8. The summed E-state index contributed by atoms with van der Waals surface area (Å²) in [5.74, 6) is 0. The van der Waals surface area contributed by atoms with Crippen LogP contribution in [0.2, 0.25) is 10.0 Å². The van der Waals surface area contributed by atoms with Gasteiger partial charge in [-0.05, 0) is 36.4 Å². The molecule has 0 fully saturated rings. The number of hydrogen-bond acceptors (Lipinski definition) is 1. The van der Waals surface area contributed by atoms with Gasteiger partial charge in [0.2, 0.25) is 0 Å². The van der Waals surface area contributed by atoms with Crippen LogP contribution in [-0.4, -0.2) is 0 Å². The third kappa shape index (κ3) is 2.65. The van der Waals surface area contributed by atoms with Gasteiger partial charge in [0, 0.05) is 10.7 Å². The third-order valence-corrected chi connectivity index (χ3v) is 2.48. The Hall–Kier alpha value is -1.18. The van der Waals surface area contributed by atoms with Gasteiger partial charge < -0.3 is 5.32 Å². The van der Waals surface area contributed by atoms with E-state index in [4.69, 9.17) is 23.2 Å². The molecule has 0 bridgehead atoms. The zero-order valence-corrected chi connectivity index (χ0v) is 9.31. The van der Waals surface area contributed by atoms with Crippen molar-refractivity contribution in [2.75, 3.05) is 5.32 Å². The van der Waals surface area contributed by atoms with E-state index >= 15 is 0 Å². The Morgan fingerprint density at radius 2 is 1.73 bits per heavy atom. The van der Waals surface area contributed by atoms with Gasteiger partial charge in [-0.2, -0.15) is 0 Å². The summed E-state index contributed by atoms with van der Waals surface area (Å²) in [5, 5.41) is 4.43. The number of nitrogens with one attached hydrogen (secondary N) is 1. The SMILES string of the molecule is Clc1ccc(Nc2cc[c]cc2)c(Cl)c1. The summed E-state index contributed by atoms with van der Waals surface area (Å²) in [5.41, 5.74) is 1.81. The van der Waals surface area contributed by atoms with Gasteiger partial charge in [-0.3, -0.25) is 0 Å². The van der Waals surface area contributed by atoms with Crippen LogP contribution in [0.4, 0.5) is 11.4 Å². The van der Waals surface area contributed by atoms with Crippen LogP contribution >= 0.6 is 23.2 Å². The van der Waals surface area contributed by atoms with Crippen molar-refractivity contribution in [1.82, 2.24) is 0 Å². The van der Waals surface area contributed by atoms with Crippen molar-refractivity contribution in [3.63, 3.8) is 0 Å². The molecular weight excluding hydrogens is 229 g/mol. The largest absolute Gasteiger partial charge is 0.354 e. The molecule has 0 saturated carbocycles. The monoisotopic (exact) mass is 236 g/mol. The lowest BCUT2D eigenvalue weighted by molar-refractivity contribution is 1.55. The van der Waals surface area contributed by atoms with Crippen molar-refractivity contribution in [1.29, 1.82) is 0 Å². The first-order valence-corrected chi connectivity index (χ1v) is 5.19. The maximum Gasteiger partial charge on any atom is 0.0655 e. The lowest BCUT2D eigenvalue weighted by Crippen LogP contribution is -1.90. The molecule has 0 spiro atoms. The molecule has 1 N–H and O–H groups in total. The molecule has 2 aromatic carbocycles. The molecule has 0 aliphatic carbocycles. The molecule has 0 amide bonds. The van der Waals surface area contributed by atoms with E-state index in [0.717, 1.165) is 11.4 Å². The lowest BCUT2D eigenvalue weighted by Gasteiger charge is -2.07. The molecular formula is C12H8Cl2N. The van der Waals surface area contributed by atoms with Crippen LogP contribution < -0.4 is 5.32 Å². The van der Waals surface area contributed by atoms with Crippen molar-refractivity contribution in [3.8, 4) is 0 Å². The molecule has 0 heterocycles. The van der Waals surface area contributed by atoms with Gasteiger partial charge in [0.1, 0.15) is 0 Å². The van der Waals surface area contributed by atoms with E-state index in [2.05, 4.69) is 11.4 Å². The Bertz CT molecular complexity index is 454. The van der Waals surface area contributed by atoms with Gasteiger partial charge in [0.05, 0.1) is 10.7 Å². The summed E-state index contributed by atoms with van der Waals surface area (Å²) in [4.78, 5) is 0. The van der Waals surface area contributed by atoms with Crippen LogP contribution in [-0.2, 0) is 0 Å². The molecule has 1 radical (unpaired) electrons. The quantitative estimate of drug-likeness (QED) is 0.808. The number of rotatable bonds is 2. The number of hydrogen-bond donors (Lipinski definition) is 1. The third-order valence-electron chi connectivity index (χ3n) is 1.93. The van der Waals surface area contributed by atoms with E-state index in [0.29, 0.717) is 10.0 Å². The second-order valence-electron chi connectivity index (χ2n) is 3.04. The average Bonchev–Trinajstić information content (AvgIpc) is 2.24. The predicted octanol–water partition coefficient (Wildman–Crippen LogP) is 4.54. The van der Waals surface area contributed by atoms with Crippen LogP contribution in [0.15, 0.2) is 42.5 Å². The summed E-state index contributed by atoms with van der Waals surface area (Å²) in [6.45, 7) is 0. The minimum Gasteiger partial charge on any atom is -0.354 e. The van der Waals surface area contributed by atoms with Crippen molar-refractivity contribution in [2.45, 2.75) is 0 Å². The van der Waals surface area contributed by atoms with Crippen LogP contribution in [0.25, 0.3) is 0 Å². The molecule has 3 heteroatoms. The van der Waals surface area contributed by atoms with Gasteiger partial charge >= 0.3 is 0 Å². The molecule has 15 heavy (non-hydrogen) atoms. The van der Waals surface area contributed by atoms with E-state index in [1.165, 1.54) is 0 Å². The van der Waals surface area contributed by atoms with Crippen molar-refractivity contribution in [2.24, 2.45) is 0 Å². The highest BCUT2D eigenvalue weighted by molar-refractivity contribution is 6.36. The summed E-state index contributed by atoms with van der Waals surface area (Å²) in [6.07, 6.45) is 0. The van der Waals surface area contributed by atoms with Crippen LogP contribution in [0.3, 0.4) is 0 Å². The summed E-state index contributed by atoms with van der Waals surface area (Å²) in [6, 6.07) is 15.8. The highest BCUT2D eigenvalue weighted by Crippen LogP contribution is 2.27. The molecule has 0 saturated heterocycles. The maximum absolute atomic E-state index is 6.02. The molecule has 1 nitrogen and oxygen atoms in total. The highest BCUT2D eigenvalue weighted by Gasteiger charge is 2.00. The Labute approximate surface area is 98.6 Å². The topological polar surface area (TPSA) is 12.0 Å². The number of benzene rings is 2. The van der Waals surface area contributed by atoms with Crippen LogP contribution in [0.1, 0.15) is 0 Å². The van der Waals surface area contributed by atoms with Gasteiger partial charge in [0.25, 0.3) is 0 Å². The second-order valence-corrected chi connectivity index (χ2v) is 3.88. The van der Waals surface area contributed by atoms with Crippen molar-refractivity contribution < 1.29 is 0 Å². The Morgan fingerprint density at radius 1 is 1.00 bits per heavy atom. The Kier molecular flexibility index (Phi) is 3.14. The normalized spacial score (nSPS) is 10.0. The summed E-state index contributed by atoms with van der Waals surface area (Å²) < 4.78 is 0. The van der Waals surface area contributed by atoms with Crippen LogP contribution in [0, 0.1) is 6.07 Å². The number of halogens is 2. The first kappa shape index (κ1) is 10.3. The highest BCUT2D eigenvalue weighted by atomic mass is 35.5. The first-order chi connectivity index (χ1) is 7.25. The standard InChI is InChI=1S/C12H8Cl2N/c13-9-6-7-12(11(14)8-9)15-10-4-2-1-3-5-10/h2-8,15H. The summed E-state index contributed by atoms with van der Waals surface area (Å²) in [7, 11) is 0. The van der Waals surface area contributed by atoms with E-state index in [1.54, 1.807) is 12.1 Å². The van der Waals surface area contributed by atoms with Gasteiger partial charge in [-0.1, -0.05) is 35.3 Å². The molecule has 0 atom stereocenters. The van der Waals surface area contributed by atoms with Gasteiger partial charge in [0.15, 0.2) is 0 Å². The minimum absolute atomic E-state index is 0.607. The first-order valence-electron chi connectivity index (χ1n) is 4.44. The van der Waals surface area contributed by atoms with E-state index in [-0.39, 0.29) is 0 Å². The molecule has 75 valence electrons. The van der Waals surface area contributed by atoms with Gasteiger partial charge in [-0.25, -0.2) is 0 Å². The fourth-order valence-corrected chi connectivity index (χ4v) is 1.67. The molecule has 0 aliphatic rings. The van der Waals surface area contributed by atoms with Crippen LogP contribution in [0.5, 0.6) is 0 Å². The number of anilines is 2.